The molecule has 0 aromatic rings. The molecule has 1 aliphatic rings. The zero-order chi connectivity index (χ0) is 12.9. The minimum Gasteiger partial charge on any atom is -0.352 e. The Morgan fingerprint density at radius 3 is 2.56 bits per heavy atom. The summed E-state index contributed by atoms with van der Waals surface area (Å²) in [5.74, 6) is 0.186. The first-order chi connectivity index (χ1) is 7.88. The largest absolute Gasteiger partial charge is 0.352 e. The van der Waals surface area contributed by atoms with Crippen LogP contribution in [0.3, 0.4) is 0 Å². The van der Waals surface area contributed by atoms with Crippen molar-refractivity contribution in [1.29, 1.82) is 0 Å². The van der Waals surface area contributed by atoms with E-state index in [9.17, 15) is 4.79 Å². The second-order valence-electron chi connectivity index (χ2n) is 6.51. The summed E-state index contributed by atoms with van der Waals surface area (Å²) in [6.45, 7) is 9.81. The van der Waals surface area contributed by atoms with Crippen molar-refractivity contribution < 1.29 is 4.79 Å². The van der Waals surface area contributed by atoms with Crippen molar-refractivity contribution in [2.24, 2.45) is 5.41 Å². The van der Waals surface area contributed by atoms with E-state index in [2.05, 4.69) is 38.3 Å². The first kappa shape index (κ1) is 17.7. The lowest BCUT2D eigenvalue weighted by molar-refractivity contribution is -0.124. The Hall–Kier alpha value is -0.280. The molecule has 2 atom stereocenters. The van der Waals surface area contributed by atoms with Gasteiger partial charge < -0.3 is 10.6 Å². The first-order valence-corrected chi connectivity index (χ1v) is 6.92. The van der Waals surface area contributed by atoms with E-state index in [1.54, 1.807) is 0 Å². The van der Waals surface area contributed by atoms with Gasteiger partial charge in [-0.3, -0.25) is 4.79 Å². The topological polar surface area (TPSA) is 41.1 Å². The second-order valence-corrected chi connectivity index (χ2v) is 6.51. The SMILES string of the molecule is CC(CCC(C)(C)C)NC(=O)C1CCCCN1.Cl. The molecule has 1 heterocycles. The Morgan fingerprint density at radius 1 is 1.39 bits per heavy atom. The summed E-state index contributed by atoms with van der Waals surface area (Å²) in [6.07, 6.45) is 5.55. The summed E-state index contributed by atoms with van der Waals surface area (Å²) in [7, 11) is 0. The van der Waals surface area contributed by atoms with Crippen LogP contribution in [0.25, 0.3) is 0 Å². The molecule has 0 aromatic heterocycles. The van der Waals surface area contributed by atoms with Crippen LogP contribution in [0.2, 0.25) is 0 Å². The van der Waals surface area contributed by atoms with Gasteiger partial charge in [0.1, 0.15) is 0 Å². The van der Waals surface area contributed by atoms with Crippen LogP contribution in [0, 0.1) is 5.41 Å². The molecule has 0 radical (unpaired) electrons. The predicted octanol–water partition coefficient (Wildman–Crippen LogP) is 2.88. The maximum Gasteiger partial charge on any atom is 0.237 e. The average molecular weight is 277 g/mol. The molecule has 3 nitrogen and oxygen atoms in total. The third kappa shape index (κ3) is 7.22. The monoisotopic (exact) mass is 276 g/mol. The van der Waals surface area contributed by atoms with Crippen LogP contribution < -0.4 is 10.6 Å². The predicted molar refractivity (Wildman–Crippen MR) is 79.2 cm³/mol. The molecule has 0 spiro atoms. The van der Waals surface area contributed by atoms with Gasteiger partial charge >= 0.3 is 0 Å². The Kier molecular flexibility index (Phi) is 7.88. The van der Waals surface area contributed by atoms with E-state index < -0.39 is 0 Å². The average Bonchev–Trinajstić information content (AvgIpc) is 2.27. The van der Waals surface area contributed by atoms with E-state index in [0.29, 0.717) is 5.41 Å². The van der Waals surface area contributed by atoms with Gasteiger partial charge in [-0.15, -0.1) is 12.4 Å². The van der Waals surface area contributed by atoms with Crippen molar-refractivity contribution in [2.45, 2.75) is 71.9 Å². The highest BCUT2D eigenvalue weighted by atomic mass is 35.5. The van der Waals surface area contributed by atoms with Crippen molar-refractivity contribution in [2.75, 3.05) is 6.54 Å². The normalized spacial score (nSPS) is 21.9. The number of halogens is 1. The standard InChI is InChI=1S/C14H28N2O.ClH/c1-11(8-9-14(2,3)4)16-13(17)12-7-5-6-10-15-12;/h11-12,15H,5-10H2,1-4H3,(H,16,17);1H. The maximum absolute atomic E-state index is 12.0. The van der Waals surface area contributed by atoms with Gasteiger partial charge in [-0.05, 0) is 44.6 Å². The number of carbonyl (C=O) groups is 1. The van der Waals surface area contributed by atoms with Crippen LogP contribution in [0.15, 0.2) is 0 Å². The molecule has 1 amide bonds. The minimum atomic E-state index is 0. The fourth-order valence-electron chi connectivity index (χ4n) is 2.14. The molecule has 4 heteroatoms. The molecule has 2 unspecified atom stereocenters. The molecule has 0 aliphatic carbocycles. The fraction of sp³-hybridized carbons (Fsp3) is 0.929. The van der Waals surface area contributed by atoms with Gasteiger partial charge in [0.25, 0.3) is 0 Å². The Balaban J connectivity index is 0.00000289. The molecule has 18 heavy (non-hydrogen) atoms. The molecule has 0 saturated carbocycles. The molecule has 2 N–H and O–H groups in total. The van der Waals surface area contributed by atoms with Crippen LogP contribution in [-0.2, 0) is 4.79 Å². The fourth-order valence-corrected chi connectivity index (χ4v) is 2.14. The van der Waals surface area contributed by atoms with Crippen molar-refractivity contribution in [1.82, 2.24) is 10.6 Å². The summed E-state index contributed by atoms with van der Waals surface area (Å²) in [5.41, 5.74) is 0.349. The van der Waals surface area contributed by atoms with Gasteiger partial charge in [0.15, 0.2) is 0 Å². The molecular formula is C14H29ClN2O. The molecule has 1 aliphatic heterocycles. The molecule has 0 bridgehead atoms. The lowest BCUT2D eigenvalue weighted by atomic mass is 9.89. The second kappa shape index (κ2) is 8.00. The summed E-state index contributed by atoms with van der Waals surface area (Å²) in [5, 5.41) is 6.41. The van der Waals surface area contributed by atoms with Gasteiger partial charge in [-0.25, -0.2) is 0 Å². The number of hydrogen-bond donors (Lipinski definition) is 2. The van der Waals surface area contributed by atoms with Crippen molar-refractivity contribution in [3.05, 3.63) is 0 Å². The third-order valence-corrected chi connectivity index (χ3v) is 3.34. The molecule has 1 saturated heterocycles. The van der Waals surface area contributed by atoms with E-state index in [1.807, 2.05) is 0 Å². The molecule has 1 fully saturated rings. The van der Waals surface area contributed by atoms with E-state index in [0.717, 1.165) is 25.8 Å². The van der Waals surface area contributed by atoms with E-state index in [4.69, 9.17) is 0 Å². The summed E-state index contributed by atoms with van der Waals surface area (Å²) in [4.78, 5) is 12.0. The Bertz CT molecular complexity index is 245. The van der Waals surface area contributed by atoms with E-state index in [1.165, 1.54) is 12.8 Å². The van der Waals surface area contributed by atoms with Gasteiger partial charge in [0, 0.05) is 6.04 Å². The lowest BCUT2D eigenvalue weighted by Crippen LogP contribution is -2.49. The van der Waals surface area contributed by atoms with Crippen molar-refractivity contribution in [3.8, 4) is 0 Å². The van der Waals surface area contributed by atoms with Crippen LogP contribution in [0.5, 0.6) is 0 Å². The quantitative estimate of drug-likeness (QED) is 0.829. The number of piperidine rings is 1. The molecule has 108 valence electrons. The summed E-state index contributed by atoms with van der Waals surface area (Å²) < 4.78 is 0. The van der Waals surface area contributed by atoms with Gasteiger partial charge in [-0.1, -0.05) is 27.2 Å². The van der Waals surface area contributed by atoms with Crippen LogP contribution in [-0.4, -0.2) is 24.5 Å². The van der Waals surface area contributed by atoms with E-state index in [-0.39, 0.29) is 30.4 Å². The number of nitrogens with one attached hydrogen (secondary N) is 2. The zero-order valence-electron chi connectivity index (χ0n) is 12.2. The molecule has 0 aromatic carbocycles. The summed E-state index contributed by atoms with van der Waals surface area (Å²) >= 11 is 0. The molecular weight excluding hydrogens is 248 g/mol. The zero-order valence-corrected chi connectivity index (χ0v) is 13.0. The number of carbonyl (C=O) groups excluding carboxylic acids is 1. The van der Waals surface area contributed by atoms with Crippen molar-refractivity contribution >= 4 is 18.3 Å². The van der Waals surface area contributed by atoms with Crippen LogP contribution in [0.4, 0.5) is 0 Å². The Morgan fingerprint density at radius 2 is 2.06 bits per heavy atom. The highest BCUT2D eigenvalue weighted by molar-refractivity contribution is 5.85. The van der Waals surface area contributed by atoms with Gasteiger partial charge in [-0.2, -0.15) is 0 Å². The number of amides is 1. The van der Waals surface area contributed by atoms with Crippen LogP contribution in [0.1, 0.15) is 59.8 Å². The van der Waals surface area contributed by atoms with Crippen LogP contribution >= 0.6 is 12.4 Å². The first-order valence-electron chi connectivity index (χ1n) is 6.92. The highest BCUT2D eigenvalue weighted by Gasteiger charge is 2.22. The minimum absolute atomic E-state index is 0. The maximum atomic E-state index is 12.0. The molecule has 1 rings (SSSR count). The number of rotatable bonds is 4. The Labute approximate surface area is 118 Å². The van der Waals surface area contributed by atoms with Gasteiger partial charge in [0.05, 0.1) is 6.04 Å². The highest BCUT2D eigenvalue weighted by Crippen LogP contribution is 2.21. The smallest absolute Gasteiger partial charge is 0.237 e. The number of hydrogen-bond acceptors (Lipinski definition) is 2. The lowest BCUT2D eigenvalue weighted by Gasteiger charge is -2.26. The summed E-state index contributed by atoms with van der Waals surface area (Å²) in [6, 6.07) is 0.325. The van der Waals surface area contributed by atoms with Crippen molar-refractivity contribution in [3.63, 3.8) is 0 Å². The van der Waals surface area contributed by atoms with E-state index >= 15 is 0 Å². The van der Waals surface area contributed by atoms with Gasteiger partial charge in [0.2, 0.25) is 5.91 Å². The third-order valence-electron chi connectivity index (χ3n) is 3.34.